The minimum atomic E-state index is -0.747. The molecule has 0 radical (unpaired) electrons. The van der Waals surface area contributed by atoms with Crippen LogP contribution in [0.2, 0.25) is 0 Å². The van der Waals surface area contributed by atoms with Crippen molar-refractivity contribution in [2.75, 3.05) is 26.4 Å². The Hall–Kier alpha value is -7.06. The van der Waals surface area contributed by atoms with Crippen LogP contribution in [0.4, 0.5) is 0 Å². The van der Waals surface area contributed by atoms with Gasteiger partial charge in [0.25, 0.3) is 0 Å². The Balaban J connectivity index is 1.11. The standard InChI is InChI=1S/C48H42O8/c1-3-47(49)55-41(31-51-39-27-23-37(24-28-39)35-15-7-5-8-16-35)33-53-45-21-13-11-19-43(45)44-20-12-14-22-46(44)54-34-42(56-48(50)4-2)32-52-40-29-25-38(26-30-40)36-17-9-6-10-18-36/h3-30,41-42H,1-2,31-34H2. The first-order valence-corrected chi connectivity index (χ1v) is 18.2. The molecule has 6 aromatic rings. The third kappa shape index (κ3) is 11.0. The van der Waals surface area contributed by atoms with Gasteiger partial charge in [-0.2, -0.15) is 0 Å². The number of hydrogen-bond acceptors (Lipinski definition) is 8. The smallest absolute Gasteiger partial charge is 0.330 e. The van der Waals surface area contributed by atoms with Gasteiger partial charge < -0.3 is 28.4 Å². The molecule has 0 aliphatic carbocycles. The van der Waals surface area contributed by atoms with E-state index in [1.807, 2.05) is 158 Å². The van der Waals surface area contributed by atoms with Crippen molar-refractivity contribution in [1.82, 2.24) is 0 Å². The molecule has 0 spiro atoms. The lowest BCUT2D eigenvalue weighted by Crippen LogP contribution is -2.31. The topological polar surface area (TPSA) is 89.5 Å². The van der Waals surface area contributed by atoms with Crippen LogP contribution >= 0.6 is 0 Å². The summed E-state index contributed by atoms with van der Waals surface area (Å²) in [6.07, 6.45) is 0.720. The molecule has 56 heavy (non-hydrogen) atoms. The summed E-state index contributed by atoms with van der Waals surface area (Å²) in [6, 6.07) is 50.5. The molecule has 0 aliphatic heterocycles. The van der Waals surface area contributed by atoms with Gasteiger partial charge in [0.05, 0.1) is 0 Å². The lowest BCUT2D eigenvalue weighted by molar-refractivity contribution is -0.147. The maximum atomic E-state index is 12.3. The average Bonchev–Trinajstić information content (AvgIpc) is 3.26. The largest absolute Gasteiger partial charge is 0.490 e. The van der Waals surface area contributed by atoms with Crippen molar-refractivity contribution in [2.45, 2.75) is 12.2 Å². The quantitative estimate of drug-likeness (QED) is 0.0598. The summed E-state index contributed by atoms with van der Waals surface area (Å²) in [5.41, 5.74) is 5.79. The third-order valence-electron chi connectivity index (χ3n) is 8.61. The fourth-order valence-electron chi connectivity index (χ4n) is 5.78. The van der Waals surface area contributed by atoms with E-state index in [2.05, 4.69) is 13.2 Å². The maximum absolute atomic E-state index is 12.3. The summed E-state index contributed by atoms with van der Waals surface area (Å²) in [5, 5.41) is 0. The normalized spacial score (nSPS) is 11.6. The first kappa shape index (κ1) is 38.7. The van der Waals surface area contributed by atoms with E-state index in [1.54, 1.807) is 0 Å². The molecule has 282 valence electrons. The second kappa shape index (κ2) is 19.9. The van der Waals surface area contributed by atoms with Gasteiger partial charge in [-0.25, -0.2) is 9.59 Å². The molecule has 8 heteroatoms. The number of carbonyl (C=O) groups excluding carboxylic acids is 2. The Morgan fingerprint density at radius 3 is 1.11 bits per heavy atom. The Morgan fingerprint density at radius 2 is 0.732 bits per heavy atom. The van der Waals surface area contributed by atoms with Crippen molar-refractivity contribution < 1.29 is 38.0 Å². The lowest BCUT2D eigenvalue weighted by atomic mass is 10.0. The summed E-state index contributed by atoms with van der Waals surface area (Å²) >= 11 is 0. The molecule has 0 fully saturated rings. The molecular formula is C48H42O8. The van der Waals surface area contributed by atoms with Crippen LogP contribution in [0.3, 0.4) is 0 Å². The predicted molar refractivity (Wildman–Crippen MR) is 218 cm³/mol. The number of rotatable bonds is 19. The number of esters is 2. The molecule has 2 unspecified atom stereocenters. The summed E-state index contributed by atoms with van der Waals surface area (Å²) in [6.45, 7) is 7.18. The Labute approximate surface area is 327 Å². The fourth-order valence-corrected chi connectivity index (χ4v) is 5.78. The van der Waals surface area contributed by atoms with Crippen molar-refractivity contribution >= 4 is 11.9 Å². The number of para-hydroxylation sites is 2. The molecule has 0 heterocycles. The van der Waals surface area contributed by atoms with Crippen LogP contribution in [0.5, 0.6) is 23.0 Å². The first-order chi connectivity index (χ1) is 27.5. The molecule has 6 rings (SSSR count). The zero-order valence-electron chi connectivity index (χ0n) is 30.8. The SMILES string of the molecule is C=CC(=O)OC(COc1ccc(-c2ccccc2)cc1)COc1ccccc1-c1ccccc1OCC(COc1ccc(-c2ccccc2)cc1)OC(=O)C=C. The van der Waals surface area contributed by atoms with E-state index in [9.17, 15) is 9.59 Å². The first-order valence-electron chi connectivity index (χ1n) is 18.2. The molecule has 8 nitrogen and oxygen atoms in total. The molecular weight excluding hydrogens is 705 g/mol. The average molecular weight is 747 g/mol. The highest BCUT2D eigenvalue weighted by atomic mass is 16.6. The lowest BCUT2D eigenvalue weighted by Gasteiger charge is -2.21. The van der Waals surface area contributed by atoms with E-state index in [0.29, 0.717) is 23.0 Å². The summed E-state index contributed by atoms with van der Waals surface area (Å²) < 4.78 is 35.8. The van der Waals surface area contributed by atoms with Crippen molar-refractivity contribution in [3.05, 3.63) is 183 Å². The predicted octanol–water partition coefficient (Wildman–Crippen LogP) is 9.80. The van der Waals surface area contributed by atoms with Crippen LogP contribution in [-0.2, 0) is 19.1 Å². The molecule has 6 aromatic carbocycles. The number of ether oxygens (including phenoxy) is 6. The second-order valence-corrected chi connectivity index (χ2v) is 12.5. The summed E-state index contributed by atoms with van der Waals surface area (Å²) in [5.74, 6) is 1.14. The van der Waals surface area contributed by atoms with Crippen molar-refractivity contribution in [3.8, 4) is 56.4 Å². The van der Waals surface area contributed by atoms with Gasteiger partial charge in [0.1, 0.15) is 49.4 Å². The van der Waals surface area contributed by atoms with Crippen LogP contribution in [0, 0.1) is 0 Å². The molecule has 0 aliphatic rings. The van der Waals surface area contributed by atoms with Crippen molar-refractivity contribution in [2.24, 2.45) is 0 Å². The minimum Gasteiger partial charge on any atom is -0.490 e. The second-order valence-electron chi connectivity index (χ2n) is 12.5. The highest BCUT2D eigenvalue weighted by molar-refractivity contribution is 5.82. The molecule has 2 atom stereocenters. The van der Waals surface area contributed by atoms with E-state index in [0.717, 1.165) is 45.5 Å². The number of benzene rings is 6. The zero-order chi connectivity index (χ0) is 39.0. The van der Waals surface area contributed by atoms with E-state index in [4.69, 9.17) is 28.4 Å². The van der Waals surface area contributed by atoms with Crippen molar-refractivity contribution in [1.29, 1.82) is 0 Å². The van der Waals surface area contributed by atoms with E-state index < -0.39 is 24.1 Å². The maximum Gasteiger partial charge on any atom is 0.330 e. The molecule has 0 amide bonds. The van der Waals surface area contributed by atoms with Gasteiger partial charge in [0.2, 0.25) is 0 Å². The molecule has 0 saturated heterocycles. The Kier molecular flexibility index (Phi) is 13.7. The van der Waals surface area contributed by atoms with Crippen molar-refractivity contribution in [3.63, 3.8) is 0 Å². The number of hydrogen-bond donors (Lipinski definition) is 0. The van der Waals surface area contributed by atoms with Crippen LogP contribution in [0.15, 0.2) is 183 Å². The highest BCUT2D eigenvalue weighted by Gasteiger charge is 2.20. The van der Waals surface area contributed by atoms with Gasteiger partial charge in [-0.1, -0.05) is 134 Å². The van der Waals surface area contributed by atoms with Gasteiger partial charge in [-0.15, -0.1) is 0 Å². The molecule has 0 N–H and O–H groups in total. The van der Waals surface area contributed by atoms with E-state index in [1.165, 1.54) is 0 Å². The Bertz CT molecular complexity index is 2020. The molecule has 0 saturated carbocycles. The monoisotopic (exact) mass is 746 g/mol. The fraction of sp³-hybridized carbons (Fsp3) is 0.125. The van der Waals surface area contributed by atoms with Gasteiger partial charge in [-0.05, 0) is 58.7 Å². The summed E-state index contributed by atoms with van der Waals surface area (Å²) in [4.78, 5) is 24.5. The van der Waals surface area contributed by atoms with Crippen LogP contribution in [0.25, 0.3) is 33.4 Å². The van der Waals surface area contributed by atoms with Crippen LogP contribution in [0.1, 0.15) is 0 Å². The minimum absolute atomic E-state index is 0.00492. The van der Waals surface area contributed by atoms with E-state index in [-0.39, 0.29) is 26.4 Å². The van der Waals surface area contributed by atoms with Gasteiger partial charge in [0.15, 0.2) is 12.2 Å². The molecule has 0 bridgehead atoms. The molecule has 0 aromatic heterocycles. The third-order valence-corrected chi connectivity index (χ3v) is 8.61. The van der Waals surface area contributed by atoms with Gasteiger partial charge in [-0.3, -0.25) is 0 Å². The van der Waals surface area contributed by atoms with Gasteiger partial charge in [0, 0.05) is 23.3 Å². The zero-order valence-corrected chi connectivity index (χ0v) is 30.8. The van der Waals surface area contributed by atoms with E-state index >= 15 is 0 Å². The van der Waals surface area contributed by atoms with Gasteiger partial charge >= 0.3 is 11.9 Å². The highest BCUT2D eigenvalue weighted by Crippen LogP contribution is 2.36. The number of carbonyl (C=O) groups is 2. The Morgan fingerprint density at radius 1 is 0.411 bits per heavy atom. The summed E-state index contributed by atoms with van der Waals surface area (Å²) in [7, 11) is 0. The van der Waals surface area contributed by atoms with Crippen LogP contribution < -0.4 is 18.9 Å². The van der Waals surface area contributed by atoms with Crippen LogP contribution in [-0.4, -0.2) is 50.6 Å².